The molecule has 2 fully saturated rings. The first-order chi connectivity index (χ1) is 70.6. The maximum absolute atomic E-state index is 12.7. The molecule has 10 aromatic carbocycles. The number of hydrogen-bond acceptors (Lipinski definition) is 23. The summed E-state index contributed by atoms with van der Waals surface area (Å²) in [5.74, 6) is 4.38. The van der Waals surface area contributed by atoms with E-state index in [2.05, 4.69) is 77.4 Å². The second kappa shape index (κ2) is 53.1. The van der Waals surface area contributed by atoms with Gasteiger partial charge in [0.15, 0.2) is 41.1 Å². The number of amides is 3. The number of carbonyl (C=O) groups is 5. The number of phenolic OH excluding ortho intramolecular Hbond substituents is 1. The van der Waals surface area contributed by atoms with Crippen LogP contribution in [-0.2, 0) is 68.2 Å². The zero-order valence-electron chi connectivity index (χ0n) is 85.2. The molecule has 33 heteroatoms. The van der Waals surface area contributed by atoms with E-state index in [9.17, 15) is 80.2 Å². The molecule has 5 N–H and O–H groups in total. The number of carbonyl (C=O) groups excluding carboxylic acids is 5. The lowest BCUT2D eigenvalue weighted by Gasteiger charge is -2.37. The molecule has 1 spiro atoms. The minimum Gasteiger partial charge on any atom is -0.506 e. The van der Waals surface area contributed by atoms with Crippen LogP contribution in [0.2, 0.25) is 15.1 Å². The molecule has 0 radical (unpaired) electrons. The molecule has 776 valence electrons. The summed E-state index contributed by atoms with van der Waals surface area (Å²) in [6.45, 7) is 27.4. The number of anilines is 3. The summed E-state index contributed by atoms with van der Waals surface area (Å²) < 4.78 is 80.8. The quantitative estimate of drug-likeness (QED) is 0.0109. The molecular formula is C116H121Cl3N10O15S5. The predicted octanol–water partition coefficient (Wildman–Crippen LogP) is 26.4. The number of aromatic hydroxyl groups is 1. The van der Waals surface area contributed by atoms with Crippen molar-refractivity contribution in [3.05, 3.63) is 351 Å². The highest BCUT2D eigenvalue weighted by Gasteiger charge is 2.53. The van der Waals surface area contributed by atoms with Crippen molar-refractivity contribution in [1.29, 1.82) is 15.8 Å². The number of ketones is 2. The number of rotatable bonds is 24. The van der Waals surface area contributed by atoms with Crippen LogP contribution in [0.5, 0.6) is 17.2 Å². The van der Waals surface area contributed by atoms with Crippen LogP contribution in [0.15, 0.2) is 279 Å². The fourth-order valence-electron chi connectivity index (χ4n) is 17.3. The van der Waals surface area contributed by atoms with Gasteiger partial charge in [-0.3, -0.25) is 34.1 Å². The fourth-order valence-corrected chi connectivity index (χ4v) is 24.5. The summed E-state index contributed by atoms with van der Waals surface area (Å²) >= 11 is 21.0. The number of nitro groups is 1. The minimum absolute atomic E-state index is 0.0281. The van der Waals surface area contributed by atoms with Crippen molar-refractivity contribution in [2.24, 2.45) is 33.2 Å². The zero-order valence-corrected chi connectivity index (χ0v) is 91.5. The van der Waals surface area contributed by atoms with Crippen LogP contribution in [0, 0.1) is 91.5 Å². The number of allylic oxidation sites excluding steroid dienone is 1. The predicted molar refractivity (Wildman–Crippen MR) is 594 cm³/mol. The molecule has 2 aliphatic heterocycles. The smallest absolute Gasteiger partial charge is 0.269 e. The van der Waals surface area contributed by atoms with E-state index in [0.717, 1.165) is 71.4 Å². The number of thioether (sulfide) groups is 2. The number of fused-ring (bicyclic) bond motifs is 2. The monoisotopic (exact) mass is 2160 g/mol. The lowest BCUT2D eigenvalue weighted by atomic mass is 9.67. The average molecular weight is 2160 g/mol. The average Bonchev–Trinajstić information content (AvgIpc) is 1.66. The highest BCUT2D eigenvalue weighted by molar-refractivity contribution is 8.03. The van der Waals surface area contributed by atoms with Crippen molar-refractivity contribution < 1.29 is 64.0 Å². The van der Waals surface area contributed by atoms with E-state index in [1.807, 2.05) is 124 Å². The number of nitrogens with one attached hydrogen (secondary N) is 2. The second-order valence-electron chi connectivity index (χ2n) is 38.8. The summed E-state index contributed by atoms with van der Waals surface area (Å²) in [6, 6.07) is 71.3. The molecule has 3 amide bonds. The first-order valence-corrected chi connectivity index (χ1v) is 56.6. The molecule has 0 bridgehead atoms. The van der Waals surface area contributed by atoms with Crippen molar-refractivity contribution in [1.82, 2.24) is 10.3 Å². The standard InChI is InChI=1S/C20H24O2S.C19H15NO5S.C19H23NO2.C19H18O4S.C13H13Cl3N2O.C13H15N3OS.C13H13N3S/c1-16-7-9-17(10-8-16)15-23(21,22)20-13-11-19(12-14-20)18-5-3-2-4-6-18;21-20(22)16-6-8-17(9-7-16)25-18-10-12-19(13-11-18)26(23,24)14-15-4-2-1-3-5-15;1-13(2)12-15-8-10-16(11-9-15)14(3)19(22)20-17-6-4-5-7-18(17)21;1-19(2,3)11-24(22,23)12-8-9-15-16(10-12)18(21)14-7-5-4-6-13(14)17(15)20;1-13(2,3)10-6-11(19)18(17-10)12-8(15)4-7(14)5-9(12)16;1-2-18-12-10(8-15)13(5-3-4-6-13)9(7-14)11(17)16-12;1-4-7-17-13-11(8-14)9(5-2)10(6-3)12(15)16-13/h7-14,18H,2-6,15H2,1H3;1-13H,14H2;4-11,13-14,21H,12H2,1-3H3,(H,20,22);4-10H,11H2,1-3H3;4-5H,6H2,1-3H3;9H,2-6H2,1H3,(H,16,17);3-4H,1,5,7H2,2H3,(H2,15,16). The van der Waals surface area contributed by atoms with Gasteiger partial charge in [-0.25, -0.2) is 30.2 Å². The number of pyridine rings is 1. The molecule has 3 heterocycles. The summed E-state index contributed by atoms with van der Waals surface area (Å²) in [5.41, 5.74) is 16.1. The number of nitro benzene ring substituents is 1. The molecule has 149 heavy (non-hydrogen) atoms. The normalized spacial score (nSPS) is 14.8. The van der Waals surface area contributed by atoms with Gasteiger partial charge >= 0.3 is 0 Å². The third-order valence-electron chi connectivity index (χ3n) is 24.9. The number of aryl methyl sites for hydroxylation is 1. The number of nitrogen functional groups attached to an aromatic ring is 1. The van der Waals surface area contributed by atoms with Crippen molar-refractivity contribution in [3.63, 3.8) is 0 Å². The van der Waals surface area contributed by atoms with E-state index in [1.165, 1.54) is 126 Å². The Hall–Kier alpha value is -13.5. The lowest BCUT2D eigenvalue weighted by molar-refractivity contribution is -0.384. The number of sulfone groups is 3. The van der Waals surface area contributed by atoms with Gasteiger partial charge in [-0.1, -0.05) is 281 Å². The number of nitriles is 3. The van der Waals surface area contributed by atoms with E-state index >= 15 is 0 Å². The van der Waals surface area contributed by atoms with Gasteiger partial charge in [-0.05, 0) is 200 Å². The van der Waals surface area contributed by atoms with Crippen LogP contribution in [0.25, 0.3) is 0 Å². The first-order valence-electron chi connectivity index (χ1n) is 48.5. The number of phenols is 1. The molecule has 11 aromatic rings. The third-order valence-corrected chi connectivity index (χ3v) is 33.2. The van der Waals surface area contributed by atoms with Crippen LogP contribution in [-0.4, -0.2) is 92.5 Å². The maximum Gasteiger partial charge on any atom is 0.269 e. The Morgan fingerprint density at radius 3 is 1.71 bits per heavy atom. The van der Waals surface area contributed by atoms with E-state index < -0.39 is 51.2 Å². The Labute approximate surface area is 897 Å². The highest BCUT2D eigenvalue weighted by Crippen LogP contribution is 2.54. The van der Waals surface area contributed by atoms with Crippen molar-refractivity contribution in [3.8, 4) is 47.8 Å². The molecule has 0 saturated heterocycles. The van der Waals surface area contributed by atoms with E-state index in [-0.39, 0.29) is 96.7 Å². The Bertz CT molecular complexity index is 7320. The lowest BCUT2D eigenvalue weighted by Crippen LogP contribution is -2.46. The molecule has 2 saturated carbocycles. The summed E-state index contributed by atoms with van der Waals surface area (Å²) in [6.07, 6.45) is 19.0. The van der Waals surface area contributed by atoms with Gasteiger partial charge in [0, 0.05) is 56.0 Å². The molecular weight excluding hydrogens is 2040 g/mol. The van der Waals surface area contributed by atoms with Crippen LogP contribution < -0.4 is 26.1 Å². The largest absolute Gasteiger partial charge is 0.506 e. The molecule has 2 atom stereocenters. The van der Waals surface area contributed by atoms with Crippen LogP contribution in [0.1, 0.15) is 234 Å². The van der Waals surface area contributed by atoms with Gasteiger partial charge in [0.2, 0.25) is 11.8 Å². The summed E-state index contributed by atoms with van der Waals surface area (Å²) in [7, 11) is -10.3. The van der Waals surface area contributed by atoms with Crippen molar-refractivity contribution in [2.75, 3.05) is 33.3 Å². The van der Waals surface area contributed by atoms with Crippen LogP contribution in [0.3, 0.4) is 0 Å². The van der Waals surface area contributed by atoms with Crippen molar-refractivity contribution in [2.45, 2.75) is 203 Å². The van der Waals surface area contributed by atoms with E-state index in [1.54, 1.807) is 115 Å². The Morgan fingerprint density at radius 1 is 0.671 bits per heavy atom. The van der Waals surface area contributed by atoms with Gasteiger partial charge in [0.1, 0.15) is 45.8 Å². The topological polar surface area (TPSA) is 410 Å². The van der Waals surface area contributed by atoms with Crippen LogP contribution >= 0.6 is 58.3 Å². The van der Waals surface area contributed by atoms with Crippen molar-refractivity contribution >= 4 is 146 Å². The zero-order chi connectivity index (χ0) is 109. The number of aromatic nitrogens is 1. The molecule has 25 nitrogen and oxygen atoms in total. The first kappa shape index (κ1) is 117. The number of hydrazone groups is 1. The van der Waals surface area contributed by atoms with E-state index in [0.29, 0.717) is 111 Å². The number of nitrogens with zero attached hydrogens (tertiary/aromatic N) is 7. The number of halogens is 3. The Balaban J connectivity index is 0.000000179. The van der Waals surface area contributed by atoms with Crippen LogP contribution in [0.4, 0.5) is 22.9 Å². The third kappa shape index (κ3) is 31.6. The van der Waals surface area contributed by atoms with Gasteiger partial charge in [0.25, 0.3) is 11.6 Å². The number of non-ortho nitro benzene ring substituents is 1. The Kier molecular flexibility index (Phi) is 41.8. The van der Waals surface area contributed by atoms with Gasteiger partial charge in [-0.2, -0.15) is 25.9 Å². The number of ether oxygens (including phenoxy) is 1. The second-order valence-corrected chi connectivity index (χ2v) is 48.3. The van der Waals surface area contributed by atoms with Gasteiger partial charge < -0.3 is 26.2 Å². The molecule has 1 aromatic heterocycles. The summed E-state index contributed by atoms with van der Waals surface area (Å²) in [4.78, 5) is 76.7. The van der Waals surface area contributed by atoms with Gasteiger partial charge in [-0.15, -0.1) is 36.5 Å². The minimum atomic E-state index is -3.53. The molecule has 2 unspecified atom stereocenters. The maximum atomic E-state index is 12.7. The van der Waals surface area contributed by atoms with E-state index in [4.69, 9.17) is 51.7 Å². The molecule has 3 aliphatic carbocycles. The Morgan fingerprint density at radius 2 is 1.20 bits per heavy atom. The number of benzene rings is 10. The SMILES string of the molecule is C#Cc1c(N)nc(SCC=C)c(C#N)c1CC.CC(C)(C)C1=NN(c2c(Cl)cc(Cl)cc2Cl)C(=O)C1.CC(C)(C)CS(=O)(=O)c1ccc2c(c1)C(=O)c1ccccc1C2=O.CC(C)Cc1ccc(C(C)C(=O)Nc2ccccc2O)cc1.CCSC1=C(C#N)C2(CCCC2)C(C#N)C(=O)N1.Cc1ccc(CS(=O)(=O)c2ccc(C3CCCCC3)cc2)cc1.O=[N+]([O-])c1ccc(Oc2ccc(S(=O)(=O)Cc3ccccc3)cc2)cc1. The number of hydrogen-bond donors (Lipinski definition) is 4. The number of nitrogens with two attached hydrogens (primary N) is 1. The molecule has 16 rings (SSSR count). The summed E-state index contributed by atoms with van der Waals surface area (Å²) in [5, 5.41) is 61.7. The van der Waals surface area contributed by atoms with Gasteiger partial charge in [0.05, 0.1) is 105 Å². The number of terminal acetylenes is 1. The highest BCUT2D eigenvalue weighted by atomic mass is 35.5. The number of para-hydroxylation sites is 2. The fraction of sp³-hybridized carbons (Fsp3) is 0.310. The molecule has 5 aliphatic rings.